The first-order valence-corrected chi connectivity index (χ1v) is 20.8. The number of aliphatic carboxylic acids is 1. The molecular formula is C46H37Cl2N5O7S. The van der Waals surface area contributed by atoms with Crippen LogP contribution in [0.25, 0.3) is 11.1 Å². The second-order valence-electron chi connectivity index (χ2n) is 14.7. The molecule has 1 aromatic heterocycles. The molecule has 308 valence electrons. The number of nitrogens with two attached hydrogens (primary N) is 1. The number of nitrogens with one attached hydrogen (secondary N) is 1. The van der Waals surface area contributed by atoms with E-state index in [0.29, 0.717) is 50.7 Å². The van der Waals surface area contributed by atoms with Gasteiger partial charge in [0.2, 0.25) is 5.91 Å². The minimum atomic E-state index is -1.28. The van der Waals surface area contributed by atoms with Gasteiger partial charge in [-0.05, 0) is 94.4 Å². The van der Waals surface area contributed by atoms with Crippen molar-refractivity contribution < 1.29 is 33.7 Å². The lowest BCUT2D eigenvalue weighted by Gasteiger charge is -2.37. The highest BCUT2D eigenvalue weighted by Crippen LogP contribution is 2.41. The molecule has 8 rings (SSSR count). The number of aromatic nitrogens is 1. The summed E-state index contributed by atoms with van der Waals surface area (Å²) in [7, 11) is 0. The normalized spacial score (nSPS) is 15.9. The van der Waals surface area contributed by atoms with Crippen LogP contribution < -0.4 is 25.3 Å². The number of fused-ring (bicyclic) bond motifs is 2. The fraction of sp³-hybridized carbons (Fsp3) is 0.196. The van der Waals surface area contributed by atoms with Crippen molar-refractivity contribution in [3.63, 3.8) is 0 Å². The zero-order valence-corrected chi connectivity index (χ0v) is 34.9. The Kier molecular flexibility index (Phi) is 11.8. The molecule has 0 saturated carbocycles. The summed E-state index contributed by atoms with van der Waals surface area (Å²) in [6.07, 6.45) is -0.335. The third-order valence-electron chi connectivity index (χ3n) is 10.6. The number of carbonyl (C=O) groups is 3. The molecule has 0 spiro atoms. The van der Waals surface area contributed by atoms with Gasteiger partial charge in [0.25, 0.3) is 5.91 Å². The summed E-state index contributed by atoms with van der Waals surface area (Å²) in [5.41, 5.74) is 12.7. The number of ether oxygens (including phenoxy) is 3. The van der Waals surface area contributed by atoms with Gasteiger partial charge in [-0.3, -0.25) is 9.59 Å². The van der Waals surface area contributed by atoms with Crippen molar-refractivity contribution >= 4 is 57.5 Å². The zero-order valence-electron chi connectivity index (χ0n) is 32.6. The van der Waals surface area contributed by atoms with Crippen molar-refractivity contribution in [3.8, 4) is 34.4 Å². The highest BCUT2D eigenvalue weighted by Gasteiger charge is 2.39. The number of rotatable bonds is 11. The Morgan fingerprint density at radius 1 is 0.951 bits per heavy atom. The predicted octanol–water partition coefficient (Wildman–Crippen LogP) is 8.35. The highest BCUT2D eigenvalue weighted by atomic mass is 35.5. The molecule has 0 bridgehead atoms. The Morgan fingerprint density at radius 2 is 1.64 bits per heavy atom. The number of nitriles is 1. The van der Waals surface area contributed by atoms with Crippen LogP contribution in [-0.4, -0.2) is 51.5 Å². The maximum atomic E-state index is 14.2. The SMILES string of the molecule is Cc1nc(N)sc1C(=O)N1Cc2cc3c(cc2CC1C(=O)NC(Cc1ccc(-c2ccc(C#N)cc2)cc1)C(=O)O)OCC(c1ccc(OCc2ccc(Cl)c(Cl)c2)cc1)O3. The number of hydrogen-bond donors (Lipinski definition) is 3. The summed E-state index contributed by atoms with van der Waals surface area (Å²) in [6.45, 7) is 2.25. The number of nitrogen functional groups attached to an aromatic ring is 1. The van der Waals surface area contributed by atoms with Gasteiger partial charge in [-0.2, -0.15) is 5.26 Å². The van der Waals surface area contributed by atoms with E-state index in [1.54, 1.807) is 43.3 Å². The molecule has 5 aromatic carbocycles. The van der Waals surface area contributed by atoms with Crippen molar-refractivity contribution in [1.82, 2.24) is 15.2 Å². The van der Waals surface area contributed by atoms with E-state index in [1.807, 2.05) is 66.7 Å². The maximum absolute atomic E-state index is 14.2. The summed E-state index contributed by atoms with van der Waals surface area (Å²) in [5.74, 6) is -0.641. The van der Waals surface area contributed by atoms with Crippen molar-refractivity contribution in [3.05, 3.63) is 157 Å². The van der Waals surface area contributed by atoms with E-state index in [0.717, 1.165) is 44.7 Å². The monoisotopic (exact) mass is 873 g/mol. The number of aryl methyl sites for hydroxylation is 1. The Morgan fingerprint density at radius 3 is 2.30 bits per heavy atom. The first-order chi connectivity index (χ1) is 29.4. The number of nitrogens with zero attached hydrogens (tertiary/aromatic N) is 3. The molecule has 0 fully saturated rings. The van der Waals surface area contributed by atoms with Crippen LogP contribution in [-0.2, 0) is 35.6 Å². The van der Waals surface area contributed by atoms with E-state index in [4.69, 9.17) is 48.4 Å². The average molecular weight is 875 g/mol. The Balaban J connectivity index is 0.986. The van der Waals surface area contributed by atoms with Gasteiger partial charge in [0, 0.05) is 19.4 Å². The van der Waals surface area contributed by atoms with Gasteiger partial charge in [0.15, 0.2) is 22.7 Å². The van der Waals surface area contributed by atoms with E-state index >= 15 is 0 Å². The second-order valence-corrected chi connectivity index (χ2v) is 16.5. The topological polar surface area (TPSA) is 177 Å². The van der Waals surface area contributed by atoms with Crippen LogP contribution in [0.1, 0.15) is 54.9 Å². The van der Waals surface area contributed by atoms with Crippen LogP contribution in [0, 0.1) is 18.3 Å². The zero-order chi connectivity index (χ0) is 42.8. The molecule has 3 unspecified atom stereocenters. The number of halogens is 2. The lowest BCUT2D eigenvalue weighted by Crippen LogP contribution is -2.55. The molecule has 2 aliphatic rings. The predicted molar refractivity (Wildman–Crippen MR) is 231 cm³/mol. The summed E-state index contributed by atoms with van der Waals surface area (Å²) < 4.78 is 18.6. The molecule has 0 aliphatic carbocycles. The highest BCUT2D eigenvalue weighted by molar-refractivity contribution is 7.17. The molecule has 2 aliphatic heterocycles. The molecule has 15 heteroatoms. The molecule has 3 heterocycles. The van der Waals surface area contributed by atoms with Gasteiger partial charge in [0.1, 0.15) is 35.9 Å². The lowest BCUT2D eigenvalue weighted by atomic mass is 9.91. The Bertz CT molecular complexity index is 2680. The molecule has 4 N–H and O–H groups in total. The number of thiazole rings is 1. The fourth-order valence-electron chi connectivity index (χ4n) is 7.36. The van der Waals surface area contributed by atoms with Crippen LogP contribution in [0.4, 0.5) is 5.13 Å². The first-order valence-electron chi connectivity index (χ1n) is 19.2. The third-order valence-corrected chi connectivity index (χ3v) is 12.3. The molecule has 0 radical (unpaired) electrons. The van der Waals surface area contributed by atoms with E-state index in [2.05, 4.69) is 16.4 Å². The molecule has 12 nitrogen and oxygen atoms in total. The van der Waals surface area contributed by atoms with Gasteiger partial charge >= 0.3 is 5.97 Å². The number of benzene rings is 5. The smallest absolute Gasteiger partial charge is 0.326 e. The first kappa shape index (κ1) is 41.2. The number of anilines is 1. The van der Waals surface area contributed by atoms with Crippen molar-refractivity contribution in [2.24, 2.45) is 0 Å². The Hall–Kier alpha value is -6.59. The van der Waals surface area contributed by atoms with Crippen LogP contribution in [0.5, 0.6) is 17.2 Å². The van der Waals surface area contributed by atoms with Gasteiger partial charge in [-0.25, -0.2) is 9.78 Å². The summed E-state index contributed by atoms with van der Waals surface area (Å²) >= 11 is 13.2. The van der Waals surface area contributed by atoms with Crippen LogP contribution in [0.15, 0.2) is 103 Å². The summed E-state index contributed by atoms with van der Waals surface area (Å²) in [5, 5.41) is 23.2. The number of amides is 2. The minimum Gasteiger partial charge on any atom is -0.489 e. The van der Waals surface area contributed by atoms with Crippen LogP contribution >= 0.6 is 34.5 Å². The quantitative estimate of drug-likeness (QED) is 0.115. The van der Waals surface area contributed by atoms with E-state index in [9.17, 15) is 19.5 Å². The van der Waals surface area contributed by atoms with Gasteiger partial charge in [-0.1, -0.05) is 89.1 Å². The fourth-order valence-corrected chi connectivity index (χ4v) is 8.47. The summed E-state index contributed by atoms with van der Waals surface area (Å²) in [4.78, 5) is 46.9. The molecular weight excluding hydrogens is 838 g/mol. The maximum Gasteiger partial charge on any atom is 0.326 e. The lowest BCUT2D eigenvalue weighted by molar-refractivity contribution is -0.142. The number of carbonyl (C=O) groups excluding carboxylic acids is 2. The van der Waals surface area contributed by atoms with Gasteiger partial charge in [0.05, 0.1) is 27.4 Å². The van der Waals surface area contributed by atoms with Crippen molar-refractivity contribution in [1.29, 1.82) is 5.26 Å². The third kappa shape index (κ3) is 9.12. The van der Waals surface area contributed by atoms with Crippen molar-refractivity contribution in [2.75, 3.05) is 12.3 Å². The van der Waals surface area contributed by atoms with Gasteiger partial charge in [-0.15, -0.1) is 0 Å². The second kappa shape index (κ2) is 17.6. The molecule has 3 atom stereocenters. The van der Waals surface area contributed by atoms with E-state index < -0.39 is 36.0 Å². The number of hydrogen-bond acceptors (Lipinski definition) is 10. The number of carboxylic acid groups (broad SMARTS) is 1. The molecule has 61 heavy (non-hydrogen) atoms. The summed E-state index contributed by atoms with van der Waals surface area (Å²) in [6, 6.07) is 30.8. The number of carboxylic acids is 1. The molecule has 2 amide bonds. The largest absolute Gasteiger partial charge is 0.489 e. The minimum absolute atomic E-state index is 0.00476. The van der Waals surface area contributed by atoms with E-state index in [1.165, 1.54) is 4.90 Å². The molecule has 6 aromatic rings. The standard InChI is InChI=1S/C46H37Cl2N5O7S/c1-25-42(61-46(50)51-25)44(55)53-22-33-20-40-39(59-24-41(60-40)31-11-13-34(14-12-31)58-23-28-6-15-35(47)36(48)16-28)19-32(33)18-38(53)43(54)52-37(45(56)57)17-26-2-7-29(8-3-26)30-9-4-27(21-49)5-10-30/h2-16,19-20,37-38,41H,17-18,22-24H2,1H3,(H2,50,51)(H,52,54)(H,56,57). The Labute approximate surface area is 365 Å². The van der Waals surface area contributed by atoms with Crippen LogP contribution in [0.3, 0.4) is 0 Å². The van der Waals surface area contributed by atoms with Crippen LogP contribution in [0.2, 0.25) is 10.0 Å². The molecule has 0 saturated heterocycles. The van der Waals surface area contributed by atoms with Crippen molar-refractivity contribution in [2.45, 2.75) is 51.1 Å². The average Bonchev–Trinajstić information content (AvgIpc) is 3.62. The van der Waals surface area contributed by atoms with E-state index in [-0.39, 0.29) is 36.0 Å². The van der Waals surface area contributed by atoms with Gasteiger partial charge < -0.3 is 35.3 Å².